The Bertz CT molecular complexity index is 477. The second kappa shape index (κ2) is 5.15. The summed E-state index contributed by atoms with van der Waals surface area (Å²) in [7, 11) is 0. The molecule has 0 spiro atoms. The molecule has 20 heavy (non-hydrogen) atoms. The molecule has 3 saturated carbocycles. The third kappa shape index (κ3) is 2.17. The summed E-state index contributed by atoms with van der Waals surface area (Å²) in [5.41, 5.74) is 1.85. The van der Waals surface area contributed by atoms with Gasteiger partial charge in [-0.05, 0) is 61.8 Å². The number of rotatable bonds is 4. The van der Waals surface area contributed by atoms with Gasteiger partial charge in [0, 0.05) is 11.5 Å². The van der Waals surface area contributed by atoms with E-state index in [4.69, 9.17) is 5.10 Å². The number of hydrogen-bond acceptors (Lipinski definition) is 1. The Labute approximate surface area is 130 Å². The van der Waals surface area contributed by atoms with Crippen molar-refractivity contribution >= 4 is 15.9 Å². The minimum Gasteiger partial charge on any atom is -0.269 e. The average Bonchev–Trinajstić information content (AvgIpc) is 3.22. The lowest BCUT2D eigenvalue weighted by Gasteiger charge is -2.35. The van der Waals surface area contributed by atoms with Gasteiger partial charge in [-0.25, -0.2) is 0 Å². The molecule has 0 N–H and O–H groups in total. The Balaban J connectivity index is 1.50. The third-order valence-corrected chi connectivity index (χ3v) is 7.38. The van der Waals surface area contributed by atoms with E-state index >= 15 is 0 Å². The topological polar surface area (TPSA) is 17.8 Å². The summed E-state index contributed by atoms with van der Waals surface area (Å²) in [6, 6.07) is 2.97. The van der Waals surface area contributed by atoms with Crippen LogP contribution in [0.25, 0.3) is 0 Å². The number of nitrogens with zero attached hydrogens (tertiary/aromatic N) is 2. The first-order valence-corrected chi connectivity index (χ1v) is 9.51. The molecule has 1 aromatic heterocycles. The van der Waals surface area contributed by atoms with Gasteiger partial charge in [0.15, 0.2) is 0 Å². The highest BCUT2D eigenvalue weighted by atomic mass is 79.9. The normalized spacial score (nSPS) is 37.0. The van der Waals surface area contributed by atoms with Gasteiger partial charge in [0.05, 0.1) is 11.7 Å². The fourth-order valence-corrected chi connectivity index (χ4v) is 6.08. The number of halogens is 1. The van der Waals surface area contributed by atoms with Crippen molar-refractivity contribution in [2.45, 2.75) is 63.8 Å². The Morgan fingerprint density at radius 1 is 1.25 bits per heavy atom. The second-order valence-electron chi connectivity index (χ2n) is 7.48. The van der Waals surface area contributed by atoms with Crippen molar-refractivity contribution in [3.63, 3.8) is 0 Å². The van der Waals surface area contributed by atoms with Gasteiger partial charge in [-0.1, -0.05) is 35.2 Å². The molecule has 3 heteroatoms. The van der Waals surface area contributed by atoms with E-state index < -0.39 is 0 Å². The molecule has 0 amide bonds. The zero-order valence-corrected chi connectivity index (χ0v) is 13.8. The lowest BCUT2D eigenvalue weighted by molar-refractivity contribution is 0.194. The highest BCUT2D eigenvalue weighted by Crippen LogP contribution is 2.57. The van der Waals surface area contributed by atoms with Gasteiger partial charge in [-0.3, -0.25) is 4.68 Å². The van der Waals surface area contributed by atoms with Crippen LogP contribution < -0.4 is 0 Å². The predicted octanol–water partition coefficient (Wildman–Crippen LogP) is 4.74. The van der Waals surface area contributed by atoms with Crippen LogP contribution in [0.3, 0.4) is 0 Å². The lowest BCUT2D eigenvalue weighted by atomic mass is 9.72. The summed E-state index contributed by atoms with van der Waals surface area (Å²) in [6.07, 6.45) is 14.7. The summed E-state index contributed by atoms with van der Waals surface area (Å²) >= 11 is 3.83. The Morgan fingerprint density at radius 2 is 2.10 bits per heavy atom. The molecule has 2 nitrogen and oxygen atoms in total. The first kappa shape index (κ1) is 13.4. The van der Waals surface area contributed by atoms with Gasteiger partial charge in [0.25, 0.3) is 0 Å². The quantitative estimate of drug-likeness (QED) is 0.726. The van der Waals surface area contributed by atoms with Crippen molar-refractivity contribution in [3.05, 3.63) is 18.0 Å². The molecule has 2 bridgehead atoms. The van der Waals surface area contributed by atoms with Crippen LogP contribution in [-0.2, 0) is 6.42 Å². The van der Waals surface area contributed by atoms with Gasteiger partial charge in [-0.15, -0.1) is 0 Å². The summed E-state index contributed by atoms with van der Waals surface area (Å²) in [5, 5.41) is 6.09. The molecule has 0 aromatic carbocycles. The fraction of sp³-hybridized carbons (Fsp3) is 0.824. The van der Waals surface area contributed by atoms with Crippen molar-refractivity contribution in [2.24, 2.45) is 17.3 Å². The van der Waals surface area contributed by atoms with E-state index in [1.165, 1.54) is 63.5 Å². The molecule has 1 heterocycles. The van der Waals surface area contributed by atoms with Crippen LogP contribution in [0.5, 0.6) is 0 Å². The molecule has 3 atom stereocenters. The standard InChI is InChI=1S/C17H25BrN2/c18-12-17(10-13-5-6-14(17)9-13)11-15-7-8-20(19-15)16-3-1-2-4-16/h7-8,13-14,16H,1-6,9-12H2. The fourth-order valence-electron chi connectivity index (χ4n) is 5.19. The maximum absolute atomic E-state index is 4.93. The van der Waals surface area contributed by atoms with E-state index in [0.29, 0.717) is 11.5 Å². The Kier molecular flexibility index (Phi) is 3.44. The Hall–Kier alpha value is -0.310. The highest BCUT2D eigenvalue weighted by molar-refractivity contribution is 9.09. The van der Waals surface area contributed by atoms with E-state index in [2.05, 4.69) is 32.9 Å². The molecule has 110 valence electrons. The van der Waals surface area contributed by atoms with E-state index in [9.17, 15) is 0 Å². The molecular weight excluding hydrogens is 312 g/mol. The van der Waals surface area contributed by atoms with Gasteiger partial charge in [0.1, 0.15) is 0 Å². The maximum atomic E-state index is 4.93. The van der Waals surface area contributed by atoms with Gasteiger partial charge >= 0.3 is 0 Å². The summed E-state index contributed by atoms with van der Waals surface area (Å²) in [6.45, 7) is 0. The monoisotopic (exact) mass is 336 g/mol. The van der Waals surface area contributed by atoms with Crippen LogP contribution in [0.4, 0.5) is 0 Å². The van der Waals surface area contributed by atoms with E-state index in [1.807, 2.05) is 0 Å². The molecule has 0 saturated heterocycles. The van der Waals surface area contributed by atoms with E-state index in [0.717, 1.165) is 17.2 Å². The van der Waals surface area contributed by atoms with Crippen molar-refractivity contribution in [2.75, 3.05) is 5.33 Å². The van der Waals surface area contributed by atoms with Crippen LogP contribution in [0.15, 0.2) is 12.3 Å². The third-order valence-electron chi connectivity index (χ3n) is 6.26. The maximum Gasteiger partial charge on any atom is 0.0630 e. The van der Waals surface area contributed by atoms with Crippen LogP contribution in [-0.4, -0.2) is 15.1 Å². The minimum absolute atomic E-state index is 0.512. The first-order chi connectivity index (χ1) is 9.79. The van der Waals surface area contributed by atoms with Crippen LogP contribution in [0, 0.1) is 17.3 Å². The summed E-state index contributed by atoms with van der Waals surface area (Å²) in [4.78, 5) is 0. The molecule has 3 unspecified atom stereocenters. The molecule has 3 aliphatic carbocycles. The van der Waals surface area contributed by atoms with Crippen LogP contribution in [0.2, 0.25) is 0 Å². The minimum atomic E-state index is 0.512. The molecule has 3 aliphatic rings. The van der Waals surface area contributed by atoms with Crippen molar-refractivity contribution in [1.29, 1.82) is 0 Å². The number of fused-ring (bicyclic) bond motifs is 2. The van der Waals surface area contributed by atoms with E-state index in [1.54, 1.807) is 0 Å². The van der Waals surface area contributed by atoms with Crippen molar-refractivity contribution in [1.82, 2.24) is 9.78 Å². The van der Waals surface area contributed by atoms with Crippen LogP contribution >= 0.6 is 15.9 Å². The zero-order valence-electron chi connectivity index (χ0n) is 12.2. The largest absolute Gasteiger partial charge is 0.269 e. The number of alkyl halides is 1. The summed E-state index contributed by atoms with van der Waals surface area (Å²) in [5.74, 6) is 1.96. The molecule has 0 aliphatic heterocycles. The predicted molar refractivity (Wildman–Crippen MR) is 85.1 cm³/mol. The second-order valence-corrected chi connectivity index (χ2v) is 8.04. The smallest absolute Gasteiger partial charge is 0.0630 e. The highest BCUT2D eigenvalue weighted by Gasteiger charge is 2.50. The zero-order chi connectivity index (χ0) is 13.6. The van der Waals surface area contributed by atoms with Crippen LogP contribution in [0.1, 0.15) is 63.1 Å². The number of aromatic nitrogens is 2. The number of hydrogen-bond donors (Lipinski definition) is 0. The molecule has 4 rings (SSSR count). The molecule has 1 aromatic rings. The van der Waals surface area contributed by atoms with Gasteiger partial charge in [-0.2, -0.15) is 5.10 Å². The van der Waals surface area contributed by atoms with Gasteiger partial charge < -0.3 is 0 Å². The lowest BCUT2D eigenvalue weighted by Crippen LogP contribution is -2.32. The summed E-state index contributed by atoms with van der Waals surface area (Å²) < 4.78 is 2.26. The molecule has 0 radical (unpaired) electrons. The van der Waals surface area contributed by atoms with Crippen molar-refractivity contribution < 1.29 is 0 Å². The Morgan fingerprint density at radius 3 is 2.75 bits per heavy atom. The van der Waals surface area contributed by atoms with Crippen molar-refractivity contribution in [3.8, 4) is 0 Å². The average molecular weight is 337 g/mol. The SMILES string of the molecule is BrCC1(Cc2ccn(C3CCCC3)n2)CC2CCC1C2. The molecular formula is C17H25BrN2. The molecule has 3 fully saturated rings. The first-order valence-electron chi connectivity index (χ1n) is 8.39. The van der Waals surface area contributed by atoms with E-state index in [-0.39, 0.29) is 0 Å². The van der Waals surface area contributed by atoms with Gasteiger partial charge in [0.2, 0.25) is 0 Å².